The fourth-order valence-corrected chi connectivity index (χ4v) is 1.42. The number of fused-ring (bicyclic) bond motifs is 1. The summed E-state index contributed by atoms with van der Waals surface area (Å²) in [7, 11) is 0.673. The van der Waals surface area contributed by atoms with Crippen molar-refractivity contribution < 1.29 is 4.65 Å². The summed E-state index contributed by atoms with van der Waals surface area (Å²) >= 11 is 0. The molecule has 3 heteroatoms. The lowest BCUT2D eigenvalue weighted by molar-refractivity contribution is 0.610. The van der Waals surface area contributed by atoms with Gasteiger partial charge in [-0.3, -0.25) is 0 Å². The second-order valence-corrected chi connectivity index (χ2v) is 2.83. The Labute approximate surface area is 77.3 Å². The molecule has 1 heterocycles. The zero-order valence-electron chi connectivity index (χ0n) is 7.23. The highest BCUT2D eigenvalue weighted by Gasteiger charge is 2.03. The van der Waals surface area contributed by atoms with E-state index in [4.69, 9.17) is 10.4 Å². The van der Waals surface area contributed by atoms with Gasteiger partial charge in [-0.05, 0) is 23.6 Å². The lowest BCUT2D eigenvalue weighted by Crippen LogP contribution is -2.22. The first-order chi connectivity index (χ1) is 6.42. The van der Waals surface area contributed by atoms with Gasteiger partial charge in [-0.1, -0.05) is 24.2 Å². The molecule has 2 rings (SSSR count). The summed E-state index contributed by atoms with van der Waals surface area (Å²) in [6.07, 6.45) is 5.32. The average molecular weight is 171 g/mol. The van der Waals surface area contributed by atoms with Gasteiger partial charge < -0.3 is 10.4 Å². The van der Waals surface area contributed by atoms with Gasteiger partial charge in [0.25, 0.3) is 0 Å². The average Bonchev–Trinajstić information content (AvgIpc) is 2.62. The predicted molar refractivity (Wildman–Crippen MR) is 55.7 cm³/mol. The lowest BCUT2D eigenvalue weighted by atomic mass is 10.0. The van der Waals surface area contributed by atoms with Crippen molar-refractivity contribution in [3.05, 3.63) is 40.9 Å². The van der Waals surface area contributed by atoms with E-state index in [1.165, 1.54) is 11.4 Å². The van der Waals surface area contributed by atoms with Crippen molar-refractivity contribution in [2.75, 3.05) is 0 Å². The molecule has 2 N–H and O–H groups in total. The summed E-state index contributed by atoms with van der Waals surface area (Å²) in [6, 6.07) is 6.00. The van der Waals surface area contributed by atoms with Gasteiger partial charge in [-0.2, -0.15) is 0 Å². The van der Waals surface area contributed by atoms with E-state index in [-0.39, 0.29) is 0 Å². The summed E-state index contributed by atoms with van der Waals surface area (Å²) in [5.74, 6) is 3.03. The molecule has 0 radical (unpaired) electrons. The van der Waals surface area contributed by atoms with Crippen LogP contribution < -0.4 is 20.8 Å². The number of hydrogen-bond donors (Lipinski definition) is 1. The minimum atomic E-state index is 0.673. The van der Waals surface area contributed by atoms with Crippen LogP contribution in [-0.4, -0.2) is 7.48 Å². The fraction of sp³-hybridized carbons (Fsp3) is 0. The molecule has 1 aromatic rings. The highest BCUT2D eigenvalue weighted by Crippen LogP contribution is 2.02. The Morgan fingerprint density at radius 3 is 3.15 bits per heavy atom. The SMILES string of the molecule is N/C=C\C=c1\cccc2c1=CBO2. The van der Waals surface area contributed by atoms with Crippen molar-refractivity contribution >= 4 is 19.5 Å². The van der Waals surface area contributed by atoms with Crippen molar-refractivity contribution in [2.24, 2.45) is 5.73 Å². The van der Waals surface area contributed by atoms with Crippen molar-refractivity contribution in [3.8, 4) is 5.75 Å². The van der Waals surface area contributed by atoms with E-state index in [0.717, 1.165) is 11.0 Å². The third-order valence-electron chi connectivity index (χ3n) is 2.01. The molecule has 0 atom stereocenters. The molecule has 1 aliphatic rings. The van der Waals surface area contributed by atoms with E-state index in [9.17, 15) is 0 Å². The van der Waals surface area contributed by atoms with Gasteiger partial charge in [0.1, 0.15) is 5.75 Å². The molecular formula is C10H10BNO. The van der Waals surface area contributed by atoms with Gasteiger partial charge in [-0.25, -0.2) is 0 Å². The lowest BCUT2D eigenvalue weighted by Gasteiger charge is -1.96. The molecule has 0 aliphatic carbocycles. The minimum Gasteiger partial charge on any atom is -0.559 e. The Morgan fingerprint density at radius 1 is 1.38 bits per heavy atom. The Hall–Kier alpha value is -1.64. The quantitative estimate of drug-likeness (QED) is 0.574. The molecule has 0 spiro atoms. The summed E-state index contributed by atoms with van der Waals surface area (Å²) in [5.41, 5.74) is 5.27. The van der Waals surface area contributed by atoms with E-state index < -0.39 is 0 Å². The normalized spacial score (nSPS) is 14.9. The van der Waals surface area contributed by atoms with Crippen LogP contribution in [0.5, 0.6) is 5.75 Å². The molecule has 2 nitrogen and oxygen atoms in total. The first-order valence-electron chi connectivity index (χ1n) is 4.22. The van der Waals surface area contributed by atoms with Crippen LogP contribution in [0.3, 0.4) is 0 Å². The molecule has 0 saturated heterocycles. The second-order valence-electron chi connectivity index (χ2n) is 2.83. The van der Waals surface area contributed by atoms with Gasteiger partial charge in [0, 0.05) is 5.22 Å². The van der Waals surface area contributed by atoms with Crippen LogP contribution in [0.4, 0.5) is 0 Å². The van der Waals surface area contributed by atoms with Gasteiger partial charge in [0.05, 0.1) is 0 Å². The molecule has 0 amide bonds. The topological polar surface area (TPSA) is 35.2 Å². The smallest absolute Gasteiger partial charge is 0.367 e. The fourth-order valence-electron chi connectivity index (χ4n) is 1.42. The maximum absolute atomic E-state index is 5.39. The number of allylic oxidation sites excluding steroid dienone is 1. The third-order valence-corrected chi connectivity index (χ3v) is 2.01. The predicted octanol–water partition coefficient (Wildman–Crippen LogP) is -0.579. The Kier molecular flexibility index (Phi) is 2.09. The monoisotopic (exact) mass is 171 g/mol. The minimum absolute atomic E-state index is 0.673. The van der Waals surface area contributed by atoms with E-state index >= 15 is 0 Å². The number of hydrogen-bond acceptors (Lipinski definition) is 2. The third kappa shape index (κ3) is 1.45. The Morgan fingerprint density at radius 2 is 2.31 bits per heavy atom. The van der Waals surface area contributed by atoms with Gasteiger partial charge >= 0.3 is 7.48 Å². The molecule has 0 bridgehead atoms. The molecule has 1 aliphatic heterocycles. The van der Waals surface area contributed by atoms with E-state index in [1.807, 2.05) is 30.4 Å². The molecule has 0 saturated carbocycles. The number of rotatable bonds is 1. The van der Waals surface area contributed by atoms with E-state index in [0.29, 0.717) is 7.48 Å². The van der Waals surface area contributed by atoms with Crippen molar-refractivity contribution in [2.45, 2.75) is 0 Å². The zero-order chi connectivity index (χ0) is 9.10. The highest BCUT2D eigenvalue weighted by atomic mass is 16.4. The van der Waals surface area contributed by atoms with Crippen LogP contribution >= 0.6 is 0 Å². The second kappa shape index (κ2) is 3.39. The molecular weight excluding hydrogens is 161 g/mol. The maximum atomic E-state index is 5.39. The van der Waals surface area contributed by atoms with E-state index in [1.54, 1.807) is 0 Å². The highest BCUT2D eigenvalue weighted by molar-refractivity contribution is 6.48. The van der Waals surface area contributed by atoms with Crippen LogP contribution in [0.1, 0.15) is 0 Å². The first kappa shape index (κ1) is 7.99. The first-order valence-corrected chi connectivity index (χ1v) is 4.22. The van der Waals surface area contributed by atoms with Crippen LogP contribution in [0.2, 0.25) is 0 Å². The zero-order valence-corrected chi connectivity index (χ0v) is 7.23. The van der Waals surface area contributed by atoms with Crippen molar-refractivity contribution in [1.82, 2.24) is 0 Å². The Balaban J connectivity index is 2.66. The van der Waals surface area contributed by atoms with Crippen LogP contribution in [0.15, 0.2) is 30.5 Å². The number of nitrogens with two attached hydrogens (primary N) is 1. The van der Waals surface area contributed by atoms with E-state index in [2.05, 4.69) is 5.98 Å². The van der Waals surface area contributed by atoms with Gasteiger partial charge in [0.2, 0.25) is 0 Å². The summed E-state index contributed by atoms with van der Waals surface area (Å²) in [4.78, 5) is 0. The van der Waals surface area contributed by atoms with Crippen LogP contribution in [-0.2, 0) is 0 Å². The van der Waals surface area contributed by atoms with Crippen molar-refractivity contribution in [1.29, 1.82) is 0 Å². The number of benzene rings is 1. The maximum Gasteiger partial charge on any atom is 0.367 e. The molecule has 13 heavy (non-hydrogen) atoms. The van der Waals surface area contributed by atoms with Gasteiger partial charge in [0.15, 0.2) is 0 Å². The molecule has 0 unspecified atom stereocenters. The summed E-state index contributed by atoms with van der Waals surface area (Å²) in [5, 5.41) is 2.32. The molecule has 0 aromatic heterocycles. The van der Waals surface area contributed by atoms with Crippen molar-refractivity contribution in [3.63, 3.8) is 0 Å². The summed E-state index contributed by atoms with van der Waals surface area (Å²) in [6.45, 7) is 0. The molecule has 0 fully saturated rings. The Bertz CT molecular complexity index is 450. The standard InChI is InChI=1S/C10H10BNO/c12-6-2-4-8-3-1-5-10-9(8)7-11-13-10/h1-7,11H,12H2/b6-2-,8-4-. The van der Waals surface area contributed by atoms with Crippen LogP contribution in [0.25, 0.3) is 12.1 Å². The summed E-state index contributed by atoms with van der Waals surface area (Å²) < 4.78 is 5.39. The van der Waals surface area contributed by atoms with Gasteiger partial charge in [-0.15, -0.1) is 0 Å². The largest absolute Gasteiger partial charge is 0.559 e. The molecule has 64 valence electrons. The van der Waals surface area contributed by atoms with Crippen LogP contribution in [0, 0.1) is 0 Å². The molecule has 1 aromatic carbocycles.